The van der Waals surface area contributed by atoms with Crippen molar-refractivity contribution in [3.63, 3.8) is 0 Å². The largest absolute Gasteiger partial charge is 0.481 e. The van der Waals surface area contributed by atoms with Gasteiger partial charge in [-0.3, -0.25) is 18.7 Å². The number of halogens is 1. The smallest absolute Gasteiger partial charge is 0.332 e. The van der Waals surface area contributed by atoms with Crippen LogP contribution in [0.15, 0.2) is 58.4 Å². The van der Waals surface area contributed by atoms with E-state index >= 15 is 0 Å². The van der Waals surface area contributed by atoms with E-state index in [2.05, 4.69) is 32.0 Å². The van der Waals surface area contributed by atoms with Gasteiger partial charge in [0.2, 0.25) is 11.8 Å². The highest BCUT2D eigenvalue weighted by Crippen LogP contribution is 2.41. The molecular weight excluding hydrogens is 668 g/mol. The van der Waals surface area contributed by atoms with Crippen LogP contribution in [0.25, 0.3) is 33.4 Å². The predicted molar refractivity (Wildman–Crippen MR) is 199 cm³/mol. The monoisotopic (exact) mass is 708 g/mol. The zero-order chi connectivity index (χ0) is 35.9. The molecule has 3 aliphatic rings. The summed E-state index contributed by atoms with van der Waals surface area (Å²) in [7, 11) is 4.67. The molecule has 2 aromatic carbocycles. The molecule has 1 aliphatic carbocycles. The summed E-state index contributed by atoms with van der Waals surface area (Å²) in [5.41, 5.74) is 6.95. The average Bonchev–Trinajstić information content (AvgIpc) is 3.80. The molecular formula is C38H41ClN8O4. The molecule has 2 saturated heterocycles. The van der Waals surface area contributed by atoms with Crippen molar-refractivity contribution in [2.45, 2.75) is 57.4 Å². The summed E-state index contributed by atoms with van der Waals surface area (Å²) in [6.45, 7) is 4.01. The van der Waals surface area contributed by atoms with Crippen molar-refractivity contribution in [2.24, 2.45) is 14.1 Å². The van der Waals surface area contributed by atoms with Gasteiger partial charge in [-0.05, 0) is 80.8 Å². The number of aromatic nitrogens is 5. The summed E-state index contributed by atoms with van der Waals surface area (Å²) >= 11 is 7.06. The molecule has 51 heavy (non-hydrogen) atoms. The standard InChI is InChI=1S/C30H27ClN6O3.C8H14N2O/c1-16-18(20-11-6-12-21(25(20)31)23-14-17-8-5-10-19(17)28(35-23)40-4)9-7-13-22(16)34-26-24-27(33-15-32-26)36(2)30(39)37(3)29(24)38;11-7-2-1-3-8(10-7)4-5-9-6-8/h6-7,9,11-15H,5,8,10H2,1-4H3,(H,32,33,34);9H,1-6H2,(H,10,11). The Morgan fingerprint density at radius 1 is 0.941 bits per heavy atom. The lowest BCUT2D eigenvalue weighted by atomic mass is 9.88. The van der Waals surface area contributed by atoms with Crippen LogP contribution >= 0.6 is 11.6 Å². The van der Waals surface area contributed by atoms with E-state index in [4.69, 9.17) is 21.3 Å². The van der Waals surface area contributed by atoms with Crippen LogP contribution in [0.2, 0.25) is 5.02 Å². The first-order valence-electron chi connectivity index (χ1n) is 17.3. The van der Waals surface area contributed by atoms with E-state index < -0.39 is 11.2 Å². The van der Waals surface area contributed by atoms with E-state index in [0.29, 0.717) is 16.7 Å². The van der Waals surface area contributed by atoms with Crippen molar-refractivity contribution in [3.05, 3.63) is 91.3 Å². The predicted octanol–water partition coefficient (Wildman–Crippen LogP) is 4.98. The van der Waals surface area contributed by atoms with Crippen LogP contribution < -0.4 is 31.9 Å². The summed E-state index contributed by atoms with van der Waals surface area (Å²) in [4.78, 5) is 49.8. The SMILES string of the molecule is COc1nc(-c2cccc(-c3cccc(Nc4ncnc5c4c(=O)n(C)c(=O)n5C)c3C)c2Cl)cc2c1CCC2.O=C1CCCC2(CCNC2)N1. The van der Waals surface area contributed by atoms with E-state index in [1.165, 1.54) is 29.1 Å². The van der Waals surface area contributed by atoms with E-state index in [0.717, 1.165) is 96.2 Å². The summed E-state index contributed by atoms with van der Waals surface area (Å²) in [5.74, 6) is 1.21. The highest BCUT2D eigenvalue weighted by Gasteiger charge is 2.37. The maximum absolute atomic E-state index is 13.0. The molecule has 1 amide bonds. The molecule has 8 rings (SSSR count). The van der Waals surface area contributed by atoms with Gasteiger partial charge in [-0.1, -0.05) is 41.9 Å². The van der Waals surface area contributed by atoms with Gasteiger partial charge in [0.1, 0.15) is 17.5 Å². The number of rotatable bonds is 5. The first-order valence-corrected chi connectivity index (χ1v) is 17.6. The van der Waals surface area contributed by atoms with E-state index in [-0.39, 0.29) is 22.5 Å². The zero-order valence-corrected chi connectivity index (χ0v) is 30.0. The molecule has 0 bridgehead atoms. The van der Waals surface area contributed by atoms with Gasteiger partial charge in [0, 0.05) is 49.4 Å². The highest BCUT2D eigenvalue weighted by molar-refractivity contribution is 6.36. The number of carbonyl (C=O) groups excluding carboxylic acids is 1. The van der Waals surface area contributed by atoms with Crippen LogP contribution in [0.5, 0.6) is 5.88 Å². The number of pyridine rings is 1. The normalized spacial score (nSPS) is 17.9. The zero-order valence-electron chi connectivity index (χ0n) is 29.2. The number of carbonyl (C=O) groups is 1. The number of piperidine rings is 1. The van der Waals surface area contributed by atoms with Crippen molar-refractivity contribution in [2.75, 3.05) is 25.5 Å². The number of fused-ring (bicyclic) bond motifs is 2. The molecule has 2 fully saturated rings. The van der Waals surface area contributed by atoms with Crippen molar-refractivity contribution in [3.8, 4) is 28.3 Å². The molecule has 3 aromatic heterocycles. The van der Waals surface area contributed by atoms with Gasteiger partial charge in [-0.2, -0.15) is 0 Å². The fourth-order valence-electron chi connectivity index (χ4n) is 7.54. The van der Waals surface area contributed by atoms with Gasteiger partial charge in [-0.15, -0.1) is 0 Å². The first kappa shape index (κ1) is 34.4. The third-order valence-corrected chi connectivity index (χ3v) is 10.7. The summed E-state index contributed by atoms with van der Waals surface area (Å²) in [6, 6.07) is 13.9. The minimum Gasteiger partial charge on any atom is -0.481 e. The molecule has 264 valence electrons. The Morgan fingerprint density at radius 3 is 2.49 bits per heavy atom. The number of hydrogen-bond acceptors (Lipinski definition) is 9. The molecule has 0 saturated carbocycles. The number of ether oxygens (including phenoxy) is 1. The molecule has 13 heteroatoms. The molecule has 5 aromatic rings. The van der Waals surface area contributed by atoms with Crippen molar-refractivity contribution < 1.29 is 9.53 Å². The average molecular weight is 709 g/mol. The van der Waals surface area contributed by atoms with E-state index in [1.54, 1.807) is 14.2 Å². The number of nitrogens with zero attached hydrogens (tertiary/aromatic N) is 5. The van der Waals surface area contributed by atoms with Crippen molar-refractivity contribution in [1.29, 1.82) is 0 Å². The van der Waals surface area contributed by atoms with Crippen LogP contribution in [-0.2, 0) is 31.7 Å². The van der Waals surface area contributed by atoms with E-state index in [9.17, 15) is 14.4 Å². The summed E-state index contributed by atoms with van der Waals surface area (Å²) in [6.07, 6.45) is 8.46. The van der Waals surface area contributed by atoms with Gasteiger partial charge >= 0.3 is 5.69 Å². The number of methoxy groups -OCH3 is 1. The number of benzene rings is 2. The van der Waals surface area contributed by atoms with Crippen molar-refractivity contribution >= 4 is 40.0 Å². The Kier molecular flexibility index (Phi) is 9.38. The van der Waals surface area contributed by atoms with Gasteiger partial charge in [0.15, 0.2) is 5.65 Å². The van der Waals surface area contributed by atoms with Gasteiger partial charge in [0.25, 0.3) is 5.56 Å². The lowest BCUT2D eigenvalue weighted by Crippen LogP contribution is -2.52. The molecule has 1 unspecified atom stereocenters. The second-order valence-electron chi connectivity index (χ2n) is 13.5. The molecule has 12 nitrogen and oxygen atoms in total. The van der Waals surface area contributed by atoms with E-state index in [1.807, 2.05) is 43.3 Å². The third kappa shape index (κ3) is 6.38. The number of hydrogen-bond donors (Lipinski definition) is 3. The topological polar surface area (TPSA) is 145 Å². The maximum atomic E-state index is 13.0. The molecule has 2 aliphatic heterocycles. The Balaban J connectivity index is 0.000000313. The second kappa shape index (κ2) is 13.9. The van der Waals surface area contributed by atoms with Crippen LogP contribution in [-0.4, -0.2) is 55.7 Å². The lowest BCUT2D eigenvalue weighted by molar-refractivity contribution is -0.124. The second-order valence-corrected chi connectivity index (χ2v) is 13.9. The van der Waals surface area contributed by atoms with Crippen LogP contribution in [0, 0.1) is 6.92 Å². The number of aryl methyl sites for hydroxylation is 2. The lowest BCUT2D eigenvalue weighted by Gasteiger charge is -2.33. The molecule has 3 N–H and O–H groups in total. The van der Waals surface area contributed by atoms with Gasteiger partial charge < -0.3 is 20.7 Å². The Bertz CT molecular complexity index is 2290. The quantitative estimate of drug-likeness (QED) is 0.230. The first-order chi connectivity index (χ1) is 24.6. The third-order valence-electron chi connectivity index (χ3n) is 10.3. The van der Waals surface area contributed by atoms with Crippen LogP contribution in [0.3, 0.4) is 0 Å². The van der Waals surface area contributed by atoms with Crippen molar-refractivity contribution in [1.82, 2.24) is 34.7 Å². The minimum absolute atomic E-state index is 0.134. The number of anilines is 2. The minimum atomic E-state index is -0.469. The summed E-state index contributed by atoms with van der Waals surface area (Å²) < 4.78 is 7.99. The number of amides is 1. The Hall–Kier alpha value is -5.07. The Labute approximate surface area is 300 Å². The fourth-order valence-corrected chi connectivity index (χ4v) is 7.87. The molecule has 1 atom stereocenters. The maximum Gasteiger partial charge on any atom is 0.332 e. The molecule has 1 spiro atoms. The van der Waals surface area contributed by atoms with Crippen LogP contribution in [0.4, 0.5) is 11.5 Å². The van der Waals surface area contributed by atoms with Gasteiger partial charge in [0.05, 0.1) is 23.4 Å². The molecule has 5 heterocycles. The molecule has 0 radical (unpaired) electrons. The summed E-state index contributed by atoms with van der Waals surface area (Å²) in [5, 5.41) is 10.5. The van der Waals surface area contributed by atoms with Crippen LogP contribution in [0.1, 0.15) is 48.8 Å². The highest BCUT2D eigenvalue weighted by atomic mass is 35.5. The number of nitrogens with one attached hydrogen (secondary N) is 3. The van der Waals surface area contributed by atoms with Gasteiger partial charge in [-0.25, -0.2) is 19.7 Å². The Morgan fingerprint density at radius 2 is 1.73 bits per heavy atom. The fraction of sp³-hybridized carbons (Fsp3) is 0.368.